The Balaban J connectivity index is 1.89. The van der Waals surface area contributed by atoms with E-state index in [1.807, 2.05) is 0 Å². The molecule has 100 valence electrons. The molecule has 0 aliphatic heterocycles. The van der Waals surface area contributed by atoms with Crippen molar-refractivity contribution in [3.8, 4) is 0 Å². The predicted octanol–water partition coefficient (Wildman–Crippen LogP) is 2.77. The highest BCUT2D eigenvalue weighted by Gasteiger charge is 2.29. The van der Waals surface area contributed by atoms with E-state index >= 15 is 0 Å². The van der Waals surface area contributed by atoms with Gasteiger partial charge in [-0.15, -0.1) is 0 Å². The highest BCUT2D eigenvalue weighted by Crippen LogP contribution is 2.30. The van der Waals surface area contributed by atoms with Gasteiger partial charge in [0.15, 0.2) is 0 Å². The fraction of sp³-hybridized carbons (Fsp3) is 0.462. The molecular weight excluding hydrogens is 244 g/mol. The summed E-state index contributed by atoms with van der Waals surface area (Å²) in [6.07, 6.45) is 1.68. The number of rotatable bonds is 6. The Morgan fingerprint density at radius 1 is 1.47 bits per heavy atom. The molecule has 1 amide bonds. The number of hydrogen-bond acceptors (Lipinski definition) is 3. The fourth-order valence-electron chi connectivity index (χ4n) is 1.77. The molecule has 1 fully saturated rings. The summed E-state index contributed by atoms with van der Waals surface area (Å²) in [5.41, 5.74) is 9.64. The minimum Gasteiger partial charge on any atom is -0.388 e. The van der Waals surface area contributed by atoms with Crippen LogP contribution in [0.15, 0.2) is 29.4 Å². The zero-order chi connectivity index (χ0) is 13.7. The molecule has 1 atom stereocenters. The Morgan fingerprint density at radius 3 is 2.74 bits per heavy atom. The second kappa shape index (κ2) is 6.22. The van der Waals surface area contributed by atoms with Gasteiger partial charge in [-0.1, -0.05) is 17.2 Å². The molecule has 0 saturated heterocycles. The van der Waals surface area contributed by atoms with Gasteiger partial charge in [-0.2, -0.15) is 0 Å². The molecule has 0 spiro atoms. The minimum absolute atomic E-state index is 0.0663. The molecule has 1 unspecified atom stereocenters. The molecule has 1 aliphatic rings. The average molecular weight is 260 g/mol. The smallest absolute Gasteiger partial charge is 0.227 e. The number of carbonyl (C=O) groups is 1. The quantitative estimate of drug-likeness (QED) is 0.467. The van der Waals surface area contributed by atoms with Crippen LogP contribution < -0.4 is 5.32 Å². The van der Waals surface area contributed by atoms with Gasteiger partial charge in [0, 0.05) is 23.1 Å². The van der Waals surface area contributed by atoms with Gasteiger partial charge < -0.3 is 10.4 Å². The largest absolute Gasteiger partial charge is 0.388 e. The molecule has 0 heterocycles. The first-order chi connectivity index (χ1) is 9.20. The maximum Gasteiger partial charge on any atom is 0.227 e. The highest BCUT2D eigenvalue weighted by atomic mass is 16.3. The summed E-state index contributed by atoms with van der Waals surface area (Å²) < 4.78 is 0. The lowest BCUT2D eigenvalue weighted by Crippen LogP contribution is -2.13. The number of aliphatic hydroxyl groups excluding tert-OH is 1. The molecule has 1 saturated carbocycles. The minimum atomic E-state index is -0.654. The van der Waals surface area contributed by atoms with Crippen LogP contribution in [0.4, 0.5) is 5.69 Å². The summed E-state index contributed by atoms with van der Waals surface area (Å²) >= 11 is 0. The molecule has 0 bridgehead atoms. The van der Waals surface area contributed by atoms with Crippen molar-refractivity contribution < 1.29 is 9.90 Å². The topological polar surface area (TPSA) is 98.1 Å². The number of azide groups is 1. The Bertz CT molecular complexity index is 490. The Hall–Kier alpha value is -2.04. The third-order valence-electron chi connectivity index (χ3n) is 3.08. The molecule has 0 aromatic heterocycles. The van der Waals surface area contributed by atoms with E-state index in [2.05, 4.69) is 15.3 Å². The molecule has 1 aromatic carbocycles. The maximum atomic E-state index is 11.6. The van der Waals surface area contributed by atoms with E-state index in [1.165, 1.54) is 0 Å². The van der Waals surface area contributed by atoms with Gasteiger partial charge in [-0.05, 0) is 42.5 Å². The second-order valence-corrected chi connectivity index (χ2v) is 4.64. The van der Waals surface area contributed by atoms with Gasteiger partial charge in [0.25, 0.3) is 0 Å². The number of aliphatic hydroxyl groups is 1. The Labute approximate surface area is 111 Å². The standard InChI is InChI=1S/C13H16N4O2/c14-17-15-8-7-12(18)9-3-5-11(6-4-9)16-13(19)10-1-2-10/h3-6,10,12,18H,1-2,7-8H2,(H,16,19). The number of nitrogens with one attached hydrogen (secondary N) is 1. The van der Waals surface area contributed by atoms with Crippen LogP contribution in [-0.4, -0.2) is 17.6 Å². The maximum absolute atomic E-state index is 11.6. The number of anilines is 1. The monoisotopic (exact) mass is 260 g/mol. The van der Waals surface area contributed by atoms with Crippen molar-refractivity contribution in [1.29, 1.82) is 0 Å². The normalized spacial score (nSPS) is 15.4. The van der Waals surface area contributed by atoms with Crippen LogP contribution in [0.5, 0.6) is 0 Å². The van der Waals surface area contributed by atoms with E-state index in [9.17, 15) is 9.90 Å². The van der Waals surface area contributed by atoms with Gasteiger partial charge in [0.1, 0.15) is 0 Å². The number of benzene rings is 1. The third-order valence-corrected chi connectivity index (χ3v) is 3.08. The van der Waals surface area contributed by atoms with Crippen molar-refractivity contribution in [2.45, 2.75) is 25.4 Å². The summed E-state index contributed by atoms with van der Waals surface area (Å²) in [5, 5.41) is 16.1. The van der Waals surface area contributed by atoms with Gasteiger partial charge in [0.05, 0.1) is 6.10 Å². The van der Waals surface area contributed by atoms with E-state index in [1.54, 1.807) is 24.3 Å². The summed E-state index contributed by atoms with van der Waals surface area (Å²) in [6, 6.07) is 7.07. The molecule has 6 nitrogen and oxygen atoms in total. The van der Waals surface area contributed by atoms with Crippen molar-refractivity contribution in [2.75, 3.05) is 11.9 Å². The third kappa shape index (κ3) is 3.98. The van der Waals surface area contributed by atoms with E-state index in [-0.39, 0.29) is 18.4 Å². The number of nitrogens with zero attached hydrogens (tertiary/aromatic N) is 3. The first kappa shape index (κ1) is 13.4. The van der Waals surface area contributed by atoms with Crippen LogP contribution in [0.3, 0.4) is 0 Å². The molecule has 1 aromatic rings. The van der Waals surface area contributed by atoms with Crippen molar-refractivity contribution in [3.63, 3.8) is 0 Å². The van der Waals surface area contributed by atoms with E-state index in [4.69, 9.17) is 5.53 Å². The lowest BCUT2D eigenvalue weighted by Gasteiger charge is -2.10. The van der Waals surface area contributed by atoms with Crippen LogP contribution in [0, 0.1) is 5.92 Å². The van der Waals surface area contributed by atoms with Crippen LogP contribution >= 0.6 is 0 Å². The summed E-state index contributed by atoms with van der Waals surface area (Å²) in [7, 11) is 0. The van der Waals surface area contributed by atoms with Crippen LogP contribution in [-0.2, 0) is 4.79 Å². The van der Waals surface area contributed by atoms with Crippen molar-refractivity contribution in [2.24, 2.45) is 11.0 Å². The number of amides is 1. The molecule has 2 N–H and O–H groups in total. The summed E-state index contributed by atoms with van der Waals surface area (Å²) in [4.78, 5) is 14.2. The lowest BCUT2D eigenvalue weighted by molar-refractivity contribution is -0.117. The van der Waals surface area contributed by atoms with Gasteiger partial charge in [-0.25, -0.2) is 0 Å². The second-order valence-electron chi connectivity index (χ2n) is 4.64. The zero-order valence-electron chi connectivity index (χ0n) is 10.5. The fourth-order valence-corrected chi connectivity index (χ4v) is 1.77. The average Bonchev–Trinajstić information content (AvgIpc) is 3.24. The zero-order valence-corrected chi connectivity index (χ0v) is 10.5. The van der Waals surface area contributed by atoms with Crippen LogP contribution in [0.2, 0.25) is 0 Å². The molecule has 0 radical (unpaired) electrons. The highest BCUT2D eigenvalue weighted by molar-refractivity contribution is 5.93. The van der Waals surface area contributed by atoms with Gasteiger partial charge >= 0.3 is 0 Å². The molecule has 19 heavy (non-hydrogen) atoms. The van der Waals surface area contributed by atoms with Crippen molar-refractivity contribution >= 4 is 11.6 Å². The summed E-state index contributed by atoms with van der Waals surface area (Å²) in [5.74, 6) is 0.241. The van der Waals surface area contributed by atoms with Crippen molar-refractivity contribution in [1.82, 2.24) is 0 Å². The first-order valence-electron chi connectivity index (χ1n) is 6.30. The van der Waals surface area contributed by atoms with Crippen molar-refractivity contribution in [3.05, 3.63) is 40.3 Å². The lowest BCUT2D eigenvalue weighted by atomic mass is 10.1. The van der Waals surface area contributed by atoms with E-state index in [0.29, 0.717) is 6.42 Å². The van der Waals surface area contributed by atoms with E-state index in [0.717, 1.165) is 24.1 Å². The molecule has 6 heteroatoms. The summed E-state index contributed by atoms with van der Waals surface area (Å²) in [6.45, 7) is 0.262. The molecule has 1 aliphatic carbocycles. The predicted molar refractivity (Wildman–Crippen MR) is 71.4 cm³/mol. The Kier molecular flexibility index (Phi) is 4.39. The van der Waals surface area contributed by atoms with Crippen LogP contribution in [0.1, 0.15) is 30.9 Å². The molecular formula is C13H16N4O2. The molecule has 2 rings (SSSR count). The van der Waals surface area contributed by atoms with E-state index < -0.39 is 6.10 Å². The SMILES string of the molecule is [N-]=[N+]=NCCC(O)c1ccc(NC(=O)C2CC2)cc1. The Morgan fingerprint density at radius 2 is 2.16 bits per heavy atom. The van der Waals surface area contributed by atoms with Gasteiger partial charge in [-0.3, -0.25) is 4.79 Å². The first-order valence-corrected chi connectivity index (χ1v) is 6.30. The number of hydrogen-bond donors (Lipinski definition) is 2. The van der Waals surface area contributed by atoms with Crippen LogP contribution in [0.25, 0.3) is 10.4 Å². The number of carbonyl (C=O) groups excluding carboxylic acids is 1. The van der Waals surface area contributed by atoms with Gasteiger partial charge in [0.2, 0.25) is 5.91 Å².